The van der Waals surface area contributed by atoms with E-state index in [0.29, 0.717) is 35.1 Å². The molecule has 0 aliphatic rings. The molecule has 3 rings (SSSR count). The molecule has 2 aromatic heterocycles. The monoisotopic (exact) mass is 470 g/mol. The normalized spacial score (nSPS) is 10.8. The third-order valence-electron chi connectivity index (χ3n) is 3.53. The summed E-state index contributed by atoms with van der Waals surface area (Å²) < 4.78 is 2.91. The first kappa shape index (κ1) is 17.9. The zero-order valence-corrected chi connectivity index (χ0v) is 16.1. The predicted molar refractivity (Wildman–Crippen MR) is 106 cm³/mol. The lowest BCUT2D eigenvalue weighted by molar-refractivity contribution is 0.0953. The Morgan fingerprint density at radius 3 is 2.96 bits per heavy atom. The molecule has 2 heterocycles. The van der Waals surface area contributed by atoms with E-state index >= 15 is 0 Å². The molecule has 0 bridgehead atoms. The van der Waals surface area contributed by atoms with Crippen LogP contribution in [0.25, 0.3) is 5.65 Å². The molecule has 0 fully saturated rings. The van der Waals surface area contributed by atoms with E-state index in [2.05, 4.69) is 43.2 Å². The van der Waals surface area contributed by atoms with Gasteiger partial charge < -0.3 is 16.4 Å². The molecule has 0 spiro atoms. The van der Waals surface area contributed by atoms with Gasteiger partial charge in [-0.3, -0.25) is 9.20 Å². The van der Waals surface area contributed by atoms with Crippen molar-refractivity contribution in [3.8, 4) is 0 Å². The SMILES string of the molecule is NCCCNC(=O)c1ccc(Nc2nccn3c(I)cnc23)cc1Cl. The Morgan fingerprint density at radius 2 is 2.20 bits per heavy atom. The molecule has 0 atom stereocenters. The van der Waals surface area contributed by atoms with E-state index in [1.54, 1.807) is 30.6 Å². The third kappa shape index (κ3) is 4.02. The number of halogens is 2. The summed E-state index contributed by atoms with van der Waals surface area (Å²) in [5.41, 5.74) is 7.28. The second-order valence-corrected chi connectivity index (χ2v) is 6.78. The van der Waals surface area contributed by atoms with E-state index < -0.39 is 0 Å². The highest BCUT2D eigenvalue weighted by Crippen LogP contribution is 2.25. The summed E-state index contributed by atoms with van der Waals surface area (Å²) in [5.74, 6) is 0.398. The van der Waals surface area contributed by atoms with Crippen LogP contribution >= 0.6 is 34.2 Å². The standard InChI is InChI=1S/C16H16ClIN6O/c17-12-8-10(2-3-11(12)16(25)21-5-1-4-19)23-14-15-22-9-13(18)24(15)7-6-20-14/h2-3,6-9H,1,4-5,19H2,(H,20,23)(H,21,25). The molecule has 1 amide bonds. The van der Waals surface area contributed by atoms with Gasteiger partial charge in [0.1, 0.15) is 3.70 Å². The maximum Gasteiger partial charge on any atom is 0.252 e. The van der Waals surface area contributed by atoms with Gasteiger partial charge in [0.15, 0.2) is 11.5 Å². The number of imidazole rings is 1. The number of nitrogens with two attached hydrogens (primary N) is 1. The molecule has 25 heavy (non-hydrogen) atoms. The number of carbonyl (C=O) groups excluding carboxylic acids is 1. The van der Waals surface area contributed by atoms with E-state index in [9.17, 15) is 4.79 Å². The Bertz CT molecular complexity index is 913. The molecule has 0 saturated carbocycles. The first-order valence-corrected chi connectivity index (χ1v) is 9.08. The number of rotatable bonds is 6. The van der Waals surface area contributed by atoms with Crippen molar-refractivity contribution in [2.45, 2.75) is 6.42 Å². The van der Waals surface area contributed by atoms with Crippen molar-refractivity contribution in [2.24, 2.45) is 5.73 Å². The number of benzene rings is 1. The van der Waals surface area contributed by atoms with E-state index in [4.69, 9.17) is 17.3 Å². The van der Waals surface area contributed by atoms with Crippen LogP contribution in [0.15, 0.2) is 36.8 Å². The molecule has 3 aromatic rings. The molecule has 9 heteroatoms. The molecule has 130 valence electrons. The lowest BCUT2D eigenvalue weighted by atomic mass is 10.2. The number of fused-ring (bicyclic) bond motifs is 1. The Balaban J connectivity index is 1.79. The zero-order valence-electron chi connectivity index (χ0n) is 13.2. The van der Waals surface area contributed by atoms with Crippen LogP contribution in [0.5, 0.6) is 0 Å². The highest BCUT2D eigenvalue weighted by Gasteiger charge is 2.12. The van der Waals surface area contributed by atoms with Crippen LogP contribution in [0.2, 0.25) is 5.02 Å². The Morgan fingerprint density at radius 1 is 1.36 bits per heavy atom. The lowest BCUT2D eigenvalue weighted by Gasteiger charge is -2.10. The summed E-state index contributed by atoms with van der Waals surface area (Å²) >= 11 is 8.46. The summed E-state index contributed by atoms with van der Waals surface area (Å²) in [6.07, 6.45) is 6.03. The predicted octanol–water partition coefficient (Wildman–Crippen LogP) is 2.81. The molecular formula is C16H16ClIN6O. The molecule has 4 N–H and O–H groups in total. The Labute approximate surface area is 163 Å². The van der Waals surface area contributed by atoms with Gasteiger partial charge in [-0.15, -0.1) is 0 Å². The van der Waals surface area contributed by atoms with E-state index in [1.165, 1.54) is 0 Å². The van der Waals surface area contributed by atoms with Crippen LogP contribution in [-0.4, -0.2) is 33.4 Å². The Hall–Kier alpha value is -1.91. The maximum atomic E-state index is 12.1. The van der Waals surface area contributed by atoms with Gasteiger partial charge in [-0.05, 0) is 53.8 Å². The van der Waals surface area contributed by atoms with Crippen LogP contribution in [0.1, 0.15) is 16.8 Å². The first-order valence-electron chi connectivity index (χ1n) is 7.62. The van der Waals surface area contributed by atoms with Crippen LogP contribution < -0.4 is 16.4 Å². The summed E-state index contributed by atoms with van der Waals surface area (Å²) in [7, 11) is 0. The fourth-order valence-electron chi connectivity index (χ4n) is 2.29. The van der Waals surface area contributed by atoms with Crippen molar-refractivity contribution in [3.63, 3.8) is 0 Å². The number of aromatic nitrogens is 3. The van der Waals surface area contributed by atoms with Crippen molar-refractivity contribution in [2.75, 3.05) is 18.4 Å². The fourth-order valence-corrected chi connectivity index (χ4v) is 3.09. The van der Waals surface area contributed by atoms with Gasteiger partial charge in [0.05, 0.1) is 16.8 Å². The molecule has 0 aliphatic heterocycles. The molecule has 1 aromatic carbocycles. The third-order valence-corrected chi connectivity index (χ3v) is 4.64. The molecule has 0 saturated heterocycles. The van der Waals surface area contributed by atoms with Crippen molar-refractivity contribution in [3.05, 3.63) is 51.1 Å². The minimum atomic E-state index is -0.215. The van der Waals surface area contributed by atoms with Gasteiger partial charge >= 0.3 is 0 Å². The summed E-state index contributed by atoms with van der Waals surface area (Å²) in [6.45, 7) is 1.05. The Kier molecular flexibility index (Phi) is 5.71. The van der Waals surface area contributed by atoms with E-state index in [-0.39, 0.29) is 5.91 Å². The lowest BCUT2D eigenvalue weighted by Crippen LogP contribution is -2.26. The molecule has 0 radical (unpaired) electrons. The number of amides is 1. The number of anilines is 2. The number of nitrogens with one attached hydrogen (secondary N) is 2. The quantitative estimate of drug-likeness (QED) is 0.380. The molecule has 7 nitrogen and oxygen atoms in total. The smallest absolute Gasteiger partial charge is 0.252 e. The number of hydrogen-bond acceptors (Lipinski definition) is 5. The van der Waals surface area contributed by atoms with Gasteiger partial charge in [-0.25, -0.2) is 9.97 Å². The summed E-state index contributed by atoms with van der Waals surface area (Å²) in [5, 5.41) is 6.34. The summed E-state index contributed by atoms with van der Waals surface area (Å²) in [4.78, 5) is 20.8. The highest BCUT2D eigenvalue weighted by molar-refractivity contribution is 14.1. The van der Waals surface area contributed by atoms with Crippen LogP contribution in [0, 0.1) is 3.70 Å². The topological polar surface area (TPSA) is 97.3 Å². The zero-order chi connectivity index (χ0) is 17.8. The maximum absolute atomic E-state index is 12.1. The minimum Gasteiger partial charge on any atom is -0.352 e. The fraction of sp³-hybridized carbons (Fsp3) is 0.188. The average Bonchev–Trinajstić information content (AvgIpc) is 2.97. The molecular weight excluding hydrogens is 455 g/mol. The second kappa shape index (κ2) is 7.98. The van der Waals surface area contributed by atoms with Crippen LogP contribution in [0.4, 0.5) is 11.5 Å². The number of carbonyl (C=O) groups is 1. The van der Waals surface area contributed by atoms with Crippen LogP contribution in [0.3, 0.4) is 0 Å². The summed E-state index contributed by atoms with van der Waals surface area (Å²) in [6, 6.07) is 5.15. The van der Waals surface area contributed by atoms with Gasteiger partial charge in [-0.2, -0.15) is 0 Å². The van der Waals surface area contributed by atoms with Gasteiger partial charge in [0.25, 0.3) is 5.91 Å². The minimum absolute atomic E-state index is 0.215. The van der Waals surface area contributed by atoms with Gasteiger partial charge in [-0.1, -0.05) is 11.6 Å². The van der Waals surface area contributed by atoms with Gasteiger partial charge in [0, 0.05) is 24.6 Å². The van der Waals surface area contributed by atoms with Crippen molar-refractivity contribution >= 4 is 57.3 Å². The van der Waals surface area contributed by atoms with Gasteiger partial charge in [0.2, 0.25) is 0 Å². The van der Waals surface area contributed by atoms with E-state index in [1.807, 2.05) is 10.6 Å². The number of nitrogens with zero attached hydrogens (tertiary/aromatic N) is 3. The van der Waals surface area contributed by atoms with Crippen molar-refractivity contribution in [1.29, 1.82) is 0 Å². The molecule has 0 unspecified atom stereocenters. The van der Waals surface area contributed by atoms with Crippen LogP contribution in [-0.2, 0) is 0 Å². The highest BCUT2D eigenvalue weighted by atomic mass is 127. The van der Waals surface area contributed by atoms with E-state index in [0.717, 1.165) is 15.8 Å². The van der Waals surface area contributed by atoms with Crippen molar-refractivity contribution < 1.29 is 4.79 Å². The molecule has 0 aliphatic carbocycles. The second-order valence-electron chi connectivity index (χ2n) is 5.27. The average molecular weight is 471 g/mol. The van der Waals surface area contributed by atoms with Crippen molar-refractivity contribution in [1.82, 2.24) is 19.7 Å². The number of hydrogen-bond donors (Lipinski definition) is 3. The largest absolute Gasteiger partial charge is 0.352 e. The first-order chi connectivity index (χ1) is 12.1.